The van der Waals surface area contributed by atoms with E-state index in [2.05, 4.69) is 43.3 Å². The lowest BCUT2D eigenvalue weighted by molar-refractivity contribution is 0.647. The summed E-state index contributed by atoms with van der Waals surface area (Å²) in [7, 11) is 1.57. The zero-order valence-electron chi connectivity index (χ0n) is 15.6. The van der Waals surface area contributed by atoms with Gasteiger partial charge in [0.05, 0.1) is 6.21 Å². The van der Waals surface area contributed by atoms with Gasteiger partial charge in [-0.25, -0.2) is 10.2 Å². The van der Waals surface area contributed by atoms with E-state index in [9.17, 15) is 9.59 Å². The van der Waals surface area contributed by atoms with E-state index in [0.29, 0.717) is 23.7 Å². The van der Waals surface area contributed by atoms with E-state index in [1.165, 1.54) is 4.57 Å². The van der Waals surface area contributed by atoms with Crippen molar-refractivity contribution in [1.29, 1.82) is 0 Å². The fourth-order valence-electron chi connectivity index (χ4n) is 2.75. The highest BCUT2D eigenvalue weighted by Gasteiger charge is 2.16. The fourth-order valence-corrected chi connectivity index (χ4v) is 3.12. The van der Waals surface area contributed by atoms with Crippen LogP contribution in [-0.2, 0) is 13.6 Å². The SMILES string of the molecule is CCCCn1c(NN=CC(Br)=Cc2ccccc2)nc2c1c(=O)[nH]c(=O)n2C. The Morgan fingerprint density at radius 3 is 2.79 bits per heavy atom. The van der Waals surface area contributed by atoms with Crippen LogP contribution in [0.2, 0.25) is 0 Å². The van der Waals surface area contributed by atoms with Crippen molar-refractivity contribution in [2.24, 2.45) is 12.1 Å². The first kappa shape index (κ1) is 19.8. The number of hydrogen-bond acceptors (Lipinski definition) is 5. The number of nitrogens with one attached hydrogen (secondary N) is 2. The van der Waals surface area contributed by atoms with E-state index < -0.39 is 11.2 Å². The molecule has 0 atom stereocenters. The van der Waals surface area contributed by atoms with Crippen molar-refractivity contribution in [2.75, 3.05) is 5.43 Å². The van der Waals surface area contributed by atoms with E-state index in [1.807, 2.05) is 36.4 Å². The number of aromatic amines is 1. The molecule has 0 aliphatic rings. The minimum absolute atomic E-state index is 0.321. The minimum atomic E-state index is -0.499. The molecule has 3 aromatic rings. The topological polar surface area (TPSA) is 97.1 Å². The number of rotatable bonds is 7. The molecule has 2 N–H and O–H groups in total. The van der Waals surface area contributed by atoms with Gasteiger partial charge in [-0.15, -0.1) is 0 Å². The van der Waals surface area contributed by atoms with Gasteiger partial charge in [-0.2, -0.15) is 10.1 Å². The molecule has 0 unspecified atom stereocenters. The van der Waals surface area contributed by atoms with Gasteiger partial charge in [0.1, 0.15) is 0 Å². The van der Waals surface area contributed by atoms with Crippen LogP contribution in [0.1, 0.15) is 25.3 Å². The lowest BCUT2D eigenvalue weighted by Crippen LogP contribution is -2.29. The number of benzene rings is 1. The van der Waals surface area contributed by atoms with Crippen LogP contribution in [0.5, 0.6) is 0 Å². The van der Waals surface area contributed by atoms with Gasteiger partial charge in [0.25, 0.3) is 5.56 Å². The Bertz CT molecular complexity index is 1140. The van der Waals surface area contributed by atoms with Crippen LogP contribution in [0, 0.1) is 0 Å². The van der Waals surface area contributed by atoms with Gasteiger partial charge in [-0.3, -0.25) is 14.3 Å². The van der Waals surface area contributed by atoms with Crippen molar-refractivity contribution in [3.8, 4) is 0 Å². The van der Waals surface area contributed by atoms with Crippen LogP contribution in [0.4, 0.5) is 5.95 Å². The average Bonchev–Trinajstić information content (AvgIpc) is 3.04. The maximum Gasteiger partial charge on any atom is 0.329 e. The number of aromatic nitrogens is 4. The number of anilines is 1. The van der Waals surface area contributed by atoms with E-state index in [1.54, 1.807) is 17.8 Å². The second-order valence-electron chi connectivity index (χ2n) is 6.24. The van der Waals surface area contributed by atoms with Gasteiger partial charge >= 0.3 is 5.69 Å². The predicted octanol–water partition coefficient (Wildman–Crippen LogP) is 3.06. The third-order valence-corrected chi connectivity index (χ3v) is 4.63. The first-order valence-corrected chi connectivity index (χ1v) is 9.71. The summed E-state index contributed by atoms with van der Waals surface area (Å²) in [4.78, 5) is 30.9. The van der Waals surface area contributed by atoms with Crippen LogP contribution < -0.4 is 16.7 Å². The Morgan fingerprint density at radius 2 is 2.07 bits per heavy atom. The highest BCUT2D eigenvalue weighted by Crippen LogP contribution is 2.17. The van der Waals surface area contributed by atoms with Crippen LogP contribution in [0.25, 0.3) is 17.2 Å². The number of nitrogens with zero attached hydrogens (tertiary/aromatic N) is 4. The molecular formula is C19H21BrN6O2. The first-order valence-electron chi connectivity index (χ1n) is 8.92. The molecule has 0 spiro atoms. The van der Waals surface area contributed by atoms with Gasteiger partial charge < -0.3 is 4.57 Å². The molecule has 28 heavy (non-hydrogen) atoms. The van der Waals surface area contributed by atoms with Crippen LogP contribution in [-0.4, -0.2) is 25.3 Å². The van der Waals surface area contributed by atoms with Crippen molar-refractivity contribution < 1.29 is 0 Å². The van der Waals surface area contributed by atoms with Crippen LogP contribution >= 0.6 is 15.9 Å². The number of unbranched alkanes of at least 4 members (excludes halogenated alkanes) is 1. The molecule has 0 saturated carbocycles. The van der Waals surface area contributed by atoms with Gasteiger partial charge in [0, 0.05) is 18.1 Å². The Morgan fingerprint density at radius 1 is 1.32 bits per heavy atom. The molecule has 0 aliphatic carbocycles. The maximum absolute atomic E-state index is 12.3. The quantitative estimate of drug-likeness (QED) is 0.432. The number of aryl methyl sites for hydroxylation is 2. The summed E-state index contributed by atoms with van der Waals surface area (Å²) in [5, 5.41) is 4.21. The lowest BCUT2D eigenvalue weighted by Gasteiger charge is -2.06. The highest BCUT2D eigenvalue weighted by atomic mass is 79.9. The van der Waals surface area contributed by atoms with Crippen LogP contribution in [0.3, 0.4) is 0 Å². The fraction of sp³-hybridized carbons (Fsp3) is 0.263. The van der Waals surface area contributed by atoms with Crippen molar-refractivity contribution in [3.05, 3.63) is 61.2 Å². The summed E-state index contributed by atoms with van der Waals surface area (Å²) in [6.45, 7) is 2.66. The Hall–Kier alpha value is -2.94. The molecule has 146 valence electrons. The van der Waals surface area contributed by atoms with Gasteiger partial charge in [0.15, 0.2) is 11.2 Å². The third-order valence-electron chi connectivity index (χ3n) is 4.20. The number of halogens is 1. The number of H-pyrrole nitrogens is 1. The molecule has 0 aliphatic heterocycles. The molecule has 0 fully saturated rings. The summed E-state index contributed by atoms with van der Waals surface area (Å²) >= 11 is 3.46. The second kappa shape index (κ2) is 8.83. The zero-order valence-corrected chi connectivity index (χ0v) is 17.2. The molecule has 2 aromatic heterocycles. The van der Waals surface area contributed by atoms with Crippen LogP contribution in [0.15, 0.2) is 49.5 Å². The molecule has 0 saturated heterocycles. The smallest absolute Gasteiger partial charge is 0.303 e. The monoisotopic (exact) mass is 444 g/mol. The number of allylic oxidation sites excluding steroid dienone is 1. The van der Waals surface area contributed by atoms with Gasteiger partial charge in [-0.1, -0.05) is 43.7 Å². The van der Waals surface area contributed by atoms with Crippen molar-refractivity contribution in [3.63, 3.8) is 0 Å². The molecule has 9 heteroatoms. The Labute approximate surface area is 169 Å². The van der Waals surface area contributed by atoms with Crippen molar-refractivity contribution >= 4 is 45.3 Å². The standard InChI is InChI=1S/C19H21BrN6O2/c1-3-4-10-26-15-16(25(2)19(28)23-17(15)27)22-18(26)24-21-12-14(20)11-13-8-6-5-7-9-13/h5-9,11-12H,3-4,10H2,1-2H3,(H,22,24)(H,23,27,28). The normalized spacial score (nSPS) is 12.2. The van der Waals surface area contributed by atoms with Gasteiger partial charge in [0.2, 0.25) is 5.95 Å². The molecule has 0 amide bonds. The molecule has 0 bridgehead atoms. The number of fused-ring (bicyclic) bond motifs is 1. The minimum Gasteiger partial charge on any atom is -0.303 e. The summed E-state index contributed by atoms with van der Waals surface area (Å²) in [5.74, 6) is 0.409. The van der Waals surface area contributed by atoms with Crippen molar-refractivity contribution in [1.82, 2.24) is 19.1 Å². The summed E-state index contributed by atoms with van der Waals surface area (Å²) < 4.78 is 3.84. The van der Waals surface area contributed by atoms with Gasteiger partial charge in [-0.05, 0) is 34.0 Å². The molecule has 2 heterocycles. The molecule has 1 aromatic carbocycles. The molecule has 0 radical (unpaired) electrons. The zero-order chi connectivity index (χ0) is 20.1. The van der Waals surface area contributed by atoms with E-state index in [-0.39, 0.29) is 0 Å². The van der Waals surface area contributed by atoms with E-state index in [4.69, 9.17) is 0 Å². The molecule has 3 rings (SSSR count). The first-order chi connectivity index (χ1) is 13.5. The number of hydrazone groups is 1. The summed E-state index contributed by atoms with van der Waals surface area (Å²) in [6, 6.07) is 9.84. The Kier molecular flexibility index (Phi) is 6.25. The number of hydrogen-bond donors (Lipinski definition) is 2. The summed E-state index contributed by atoms with van der Waals surface area (Å²) in [6.07, 6.45) is 5.36. The van der Waals surface area contributed by atoms with Crippen molar-refractivity contribution in [2.45, 2.75) is 26.3 Å². The van der Waals surface area contributed by atoms with E-state index >= 15 is 0 Å². The predicted molar refractivity (Wildman–Crippen MR) is 116 cm³/mol. The Balaban J connectivity index is 1.93. The molecule has 8 nitrogen and oxygen atoms in total. The second-order valence-corrected chi connectivity index (χ2v) is 7.16. The third kappa shape index (κ3) is 4.30. The highest BCUT2D eigenvalue weighted by molar-refractivity contribution is 9.12. The van der Waals surface area contributed by atoms with E-state index in [0.717, 1.165) is 22.9 Å². The number of imidazole rings is 1. The lowest BCUT2D eigenvalue weighted by atomic mass is 10.2. The maximum atomic E-state index is 12.3. The largest absolute Gasteiger partial charge is 0.329 e. The summed E-state index contributed by atoms with van der Waals surface area (Å²) in [5.41, 5.74) is 3.64. The molecular weight excluding hydrogens is 424 g/mol. The average molecular weight is 445 g/mol.